The Labute approximate surface area is 145 Å². The molecule has 0 heterocycles. The van der Waals surface area contributed by atoms with Crippen LogP contribution in [0.15, 0.2) is 59.5 Å². The number of sulfonamides is 1. The van der Waals surface area contributed by atoms with Crippen molar-refractivity contribution in [2.45, 2.75) is 11.3 Å². The van der Waals surface area contributed by atoms with Gasteiger partial charge in [0.2, 0.25) is 0 Å². The zero-order chi connectivity index (χ0) is 18.9. The summed E-state index contributed by atoms with van der Waals surface area (Å²) in [5, 5.41) is 14.8. The van der Waals surface area contributed by atoms with Gasteiger partial charge in [0, 0.05) is 5.69 Å². The van der Waals surface area contributed by atoms with Crippen molar-refractivity contribution in [2.24, 2.45) is 5.73 Å². The summed E-state index contributed by atoms with van der Waals surface area (Å²) >= 11 is 0. The maximum Gasteiger partial charge on any atom is 0.414 e. The smallest absolute Gasteiger partial charge is 0.414 e. The quantitative estimate of drug-likeness (QED) is 0.580. The Bertz CT molecular complexity index is 810. The molecule has 0 bridgehead atoms. The monoisotopic (exact) mass is 366 g/mol. The molecule has 0 saturated heterocycles. The van der Waals surface area contributed by atoms with E-state index >= 15 is 0 Å². The van der Waals surface area contributed by atoms with Crippen molar-refractivity contribution < 1.29 is 28.2 Å². The van der Waals surface area contributed by atoms with Crippen LogP contribution < -0.4 is 10.5 Å². The predicted molar refractivity (Wildman–Crippen MR) is 91.7 cm³/mol. The van der Waals surface area contributed by atoms with Gasteiger partial charge in [-0.05, 0) is 42.8 Å². The van der Waals surface area contributed by atoms with Crippen LogP contribution in [-0.2, 0) is 26.0 Å². The van der Waals surface area contributed by atoms with Crippen LogP contribution in [0.5, 0.6) is 0 Å². The van der Waals surface area contributed by atoms with E-state index in [0.29, 0.717) is 12.2 Å². The van der Waals surface area contributed by atoms with Crippen molar-refractivity contribution in [3.8, 4) is 0 Å². The first kappa shape index (κ1) is 20.1. The second-order valence-corrected chi connectivity index (χ2v) is 6.45. The molecule has 0 aliphatic rings. The van der Waals surface area contributed by atoms with E-state index in [1.165, 1.54) is 0 Å². The van der Waals surface area contributed by atoms with Crippen LogP contribution in [0, 0.1) is 0 Å². The second-order valence-electron chi connectivity index (χ2n) is 4.77. The number of carbonyl (C=O) groups is 2. The number of nitrogens with two attached hydrogens (primary N) is 1. The molecule has 0 atom stereocenters. The minimum Gasteiger partial charge on any atom is -0.473 e. The Morgan fingerprint density at radius 3 is 2.08 bits per heavy atom. The molecule has 25 heavy (non-hydrogen) atoms. The van der Waals surface area contributed by atoms with Crippen LogP contribution in [0.1, 0.15) is 5.56 Å². The molecule has 0 unspecified atom stereocenters. The van der Waals surface area contributed by atoms with Gasteiger partial charge in [-0.1, -0.05) is 30.3 Å². The first-order chi connectivity index (χ1) is 11.8. The topological polar surface area (TPSA) is 147 Å². The SMILES string of the molecule is NCCc1cccc(NS(=O)(=O)c2ccccc2)c1.O=C(O)C(=O)O. The van der Waals surface area contributed by atoms with Gasteiger partial charge in [-0.3, -0.25) is 4.72 Å². The molecule has 0 radical (unpaired) electrons. The molecule has 9 heteroatoms. The second kappa shape index (κ2) is 9.40. The van der Waals surface area contributed by atoms with E-state index in [1.807, 2.05) is 12.1 Å². The first-order valence-electron chi connectivity index (χ1n) is 7.09. The normalized spacial score (nSPS) is 10.3. The van der Waals surface area contributed by atoms with Gasteiger partial charge < -0.3 is 15.9 Å². The van der Waals surface area contributed by atoms with E-state index in [2.05, 4.69) is 4.72 Å². The van der Waals surface area contributed by atoms with Crippen molar-refractivity contribution in [1.29, 1.82) is 0 Å². The molecule has 0 aliphatic carbocycles. The third kappa shape index (κ3) is 7.02. The predicted octanol–water partition coefficient (Wildman–Crippen LogP) is 1.14. The summed E-state index contributed by atoms with van der Waals surface area (Å²) in [6.45, 7) is 0.537. The first-order valence-corrected chi connectivity index (χ1v) is 8.57. The molecule has 0 saturated carbocycles. The molecular formula is C16H18N2O6S. The molecule has 2 aromatic rings. The molecule has 0 amide bonds. The van der Waals surface area contributed by atoms with E-state index in [4.69, 9.17) is 25.5 Å². The van der Waals surface area contributed by atoms with Crippen LogP contribution in [-0.4, -0.2) is 37.1 Å². The molecule has 0 fully saturated rings. The van der Waals surface area contributed by atoms with Crippen molar-refractivity contribution in [3.63, 3.8) is 0 Å². The summed E-state index contributed by atoms with van der Waals surface area (Å²) in [6.07, 6.45) is 0.723. The zero-order valence-electron chi connectivity index (χ0n) is 13.1. The number of carboxylic acids is 2. The van der Waals surface area contributed by atoms with Crippen molar-refractivity contribution >= 4 is 27.6 Å². The van der Waals surface area contributed by atoms with E-state index in [9.17, 15) is 8.42 Å². The van der Waals surface area contributed by atoms with E-state index in [0.717, 1.165) is 12.0 Å². The minimum absolute atomic E-state index is 0.249. The van der Waals surface area contributed by atoms with Gasteiger partial charge in [0.25, 0.3) is 10.0 Å². The third-order valence-electron chi connectivity index (χ3n) is 2.85. The fraction of sp³-hybridized carbons (Fsp3) is 0.125. The third-order valence-corrected chi connectivity index (χ3v) is 4.25. The molecule has 5 N–H and O–H groups in total. The van der Waals surface area contributed by atoms with E-state index in [-0.39, 0.29) is 4.90 Å². The van der Waals surface area contributed by atoms with Crippen molar-refractivity contribution in [3.05, 3.63) is 60.2 Å². The standard InChI is InChI=1S/C14H16N2O2S.C2H2O4/c15-10-9-12-5-4-6-13(11-12)16-19(17,18)14-7-2-1-3-8-14;3-1(4)2(5)6/h1-8,11,16H,9-10,15H2;(H,3,4)(H,5,6). The van der Waals surface area contributed by atoms with Crippen LogP contribution in [0.3, 0.4) is 0 Å². The van der Waals surface area contributed by atoms with Gasteiger partial charge in [0.1, 0.15) is 0 Å². The molecule has 134 valence electrons. The minimum atomic E-state index is -3.53. The zero-order valence-corrected chi connectivity index (χ0v) is 13.9. The summed E-state index contributed by atoms with van der Waals surface area (Å²) in [5.41, 5.74) is 7.05. The summed E-state index contributed by atoms with van der Waals surface area (Å²) < 4.78 is 26.8. The van der Waals surface area contributed by atoms with Gasteiger partial charge >= 0.3 is 11.9 Å². The Hall–Kier alpha value is -2.91. The molecule has 2 rings (SSSR count). The summed E-state index contributed by atoms with van der Waals surface area (Å²) in [7, 11) is -3.53. The number of hydrogen-bond donors (Lipinski definition) is 4. The molecule has 8 nitrogen and oxygen atoms in total. The highest BCUT2D eigenvalue weighted by molar-refractivity contribution is 7.92. The van der Waals surface area contributed by atoms with Crippen LogP contribution in [0.2, 0.25) is 0 Å². The maximum absolute atomic E-state index is 12.1. The molecule has 2 aromatic carbocycles. The highest BCUT2D eigenvalue weighted by Crippen LogP contribution is 2.17. The van der Waals surface area contributed by atoms with Crippen LogP contribution in [0.4, 0.5) is 5.69 Å². The molecule has 0 aliphatic heterocycles. The van der Waals surface area contributed by atoms with Crippen LogP contribution >= 0.6 is 0 Å². The van der Waals surface area contributed by atoms with Gasteiger partial charge in [0.05, 0.1) is 4.90 Å². The fourth-order valence-corrected chi connectivity index (χ4v) is 2.84. The highest BCUT2D eigenvalue weighted by atomic mass is 32.2. The number of rotatable bonds is 5. The van der Waals surface area contributed by atoms with Crippen molar-refractivity contribution in [1.82, 2.24) is 0 Å². The number of hydrogen-bond acceptors (Lipinski definition) is 5. The Morgan fingerprint density at radius 2 is 1.56 bits per heavy atom. The summed E-state index contributed by atoms with van der Waals surface area (Å²) in [5.74, 6) is -3.65. The maximum atomic E-state index is 12.1. The van der Waals surface area contributed by atoms with Gasteiger partial charge in [-0.25, -0.2) is 18.0 Å². The number of anilines is 1. The number of nitrogens with one attached hydrogen (secondary N) is 1. The number of aliphatic carboxylic acids is 2. The largest absolute Gasteiger partial charge is 0.473 e. The average molecular weight is 366 g/mol. The molecule has 0 aromatic heterocycles. The number of benzene rings is 2. The Morgan fingerprint density at radius 1 is 0.960 bits per heavy atom. The molecule has 0 spiro atoms. The highest BCUT2D eigenvalue weighted by Gasteiger charge is 2.13. The summed E-state index contributed by atoms with van der Waals surface area (Å²) in [6, 6.07) is 15.5. The van der Waals surface area contributed by atoms with E-state index in [1.54, 1.807) is 42.5 Å². The fourth-order valence-electron chi connectivity index (χ4n) is 1.77. The lowest BCUT2D eigenvalue weighted by Crippen LogP contribution is -2.13. The Balaban J connectivity index is 0.000000450. The molecular weight excluding hydrogens is 348 g/mol. The number of carboxylic acid groups (broad SMARTS) is 2. The average Bonchev–Trinajstić information content (AvgIpc) is 2.56. The van der Waals surface area contributed by atoms with Gasteiger partial charge in [0.15, 0.2) is 0 Å². The van der Waals surface area contributed by atoms with Gasteiger partial charge in [-0.2, -0.15) is 0 Å². The lowest BCUT2D eigenvalue weighted by Gasteiger charge is -2.09. The Kier molecular flexibility index (Phi) is 7.57. The van der Waals surface area contributed by atoms with Crippen LogP contribution in [0.25, 0.3) is 0 Å². The lowest BCUT2D eigenvalue weighted by molar-refractivity contribution is -0.159. The summed E-state index contributed by atoms with van der Waals surface area (Å²) in [4.78, 5) is 18.4. The lowest BCUT2D eigenvalue weighted by atomic mass is 10.1. The van der Waals surface area contributed by atoms with Crippen molar-refractivity contribution in [2.75, 3.05) is 11.3 Å². The van der Waals surface area contributed by atoms with Gasteiger partial charge in [-0.15, -0.1) is 0 Å². The van der Waals surface area contributed by atoms with E-state index < -0.39 is 22.0 Å².